The van der Waals surface area contributed by atoms with Gasteiger partial charge in [-0.25, -0.2) is 0 Å². The molecule has 5 nitrogen and oxygen atoms in total. The van der Waals surface area contributed by atoms with Crippen LogP contribution in [-0.4, -0.2) is 38.8 Å². The molecule has 1 aromatic carbocycles. The molecule has 2 N–H and O–H groups in total. The Labute approximate surface area is 132 Å². The second-order valence-electron chi connectivity index (χ2n) is 6.01. The summed E-state index contributed by atoms with van der Waals surface area (Å²) in [6.45, 7) is 7.46. The van der Waals surface area contributed by atoms with Crippen molar-refractivity contribution in [2.75, 3.05) is 32.8 Å². The second kappa shape index (κ2) is 8.03. The average Bonchev–Trinajstić information content (AvgIpc) is 2.53. The lowest BCUT2D eigenvalue weighted by Crippen LogP contribution is -2.43. The van der Waals surface area contributed by atoms with E-state index in [1.807, 2.05) is 31.2 Å². The summed E-state index contributed by atoms with van der Waals surface area (Å²) in [5.74, 6) is 1.18. The van der Waals surface area contributed by atoms with E-state index in [-0.39, 0.29) is 17.9 Å². The minimum atomic E-state index is -0.0916. The Balaban J connectivity index is 1.78. The number of rotatable bonds is 7. The lowest BCUT2D eigenvalue weighted by atomic mass is 9.81. The van der Waals surface area contributed by atoms with Gasteiger partial charge in [-0.3, -0.25) is 4.79 Å². The summed E-state index contributed by atoms with van der Waals surface area (Å²) in [4.78, 5) is 12.0. The number of piperidine rings is 1. The van der Waals surface area contributed by atoms with E-state index in [1.54, 1.807) is 0 Å². The van der Waals surface area contributed by atoms with Gasteiger partial charge in [0.25, 0.3) is 5.91 Å². The van der Waals surface area contributed by atoms with Gasteiger partial charge in [-0.2, -0.15) is 0 Å². The van der Waals surface area contributed by atoms with Crippen molar-refractivity contribution in [2.45, 2.75) is 26.7 Å². The molecule has 1 amide bonds. The van der Waals surface area contributed by atoms with Crippen LogP contribution in [0.5, 0.6) is 11.5 Å². The van der Waals surface area contributed by atoms with Crippen molar-refractivity contribution in [1.82, 2.24) is 10.6 Å². The number of benzene rings is 1. The number of carbonyl (C=O) groups is 1. The Morgan fingerprint density at radius 1 is 1.23 bits per heavy atom. The zero-order valence-corrected chi connectivity index (χ0v) is 13.5. The maximum absolute atomic E-state index is 12.0. The number of para-hydroxylation sites is 2. The van der Waals surface area contributed by atoms with E-state index in [0.29, 0.717) is 24.7 Å². The molecule has 122 valence electrons. The number of nitrogens with one attached hydrogen (secondary N) is 2. The highest BCUT2D eigenvalue weighted by molar-refractivity contribution is 5.77. The summed E-state index contributed by atoms with van der Waals surface area (Å²) in [6, 6.07) is 7.40. The summed E-state index contributed by atoms with van der Waals surface area (Å²) < 4.78 is 11.1. The van der Waals surface area contributed by atoms with Gasteiger partial charge in [0.05, 0.1) is 6.61 Å². The fourth-order valence-corrected chi connectivity index (χ4v) is 2.56. The van der Waals surface area contributed by atoms with Crippen LogP contribution in [0.4, 0.5) is 0 Å². The van der Waals surface area contributed by atoms with Crippen LogP contribution in [0.3, 0.4) is 0 Å². The number of carbonyl (C=O) groups excluding carboxylic acids is 1. The van der Waals surface area contributed by atoms with Gasteiger partial charge >= 0.3 is 0 Å². The van der Waals surface area contributed by atoms with Gasteiger partial charge in [0.2, 0.25) is 0 Å². The minimum absolute atomic E-state index is 0.0123. The summed E-state index contributed by atoms with van der Waals surface area (Å²) in [5.41, 5.74) is 0.185. The first kappa shape index (κ1) is 16.6. The summed E-state index contributed by atoms with van der Waals surface area (Å²) in [7, 11) is 0. The highest BCUT2D eigenvalue weighted by Gasteiger charge is 2.27. The van der Waals surface area contributed by atoms with Crippen molar-refractivity contribution in [3.63, 3.8) is 0 Å². The fraction of sp³-hybridized carbons (Fsp3) is 0.588. The number of ether oxygens (including phenoxy) is 2. The van der Waals surface area contributed by atoms with Crippen LogP contribution in [0.1, 0.15) is 26.7 Å². The van der Waals surface area contributed by atoms with Gasteiger partial charge in [-0.1, -0.05) is 19.1 Å². The van der Waals surface area contributed by atoms with Gasteiger partial charge in [0.15, 0.2) is 18.1 Å². The van der Waals surface area contributed by atoms with E-state index in [4.69, 9.17) is 9.47 Å². The van der Waals surface area contributed by atoms with Crippen molar-refractivity contribution in [3.05, 3.63) is 24.3 Å². The standard InChI is InChI=1S/C17H26N2O3/c1-3-21-14-6-4-5-7-15(14)22-12-16(20)19-13-17(2)8-10-18-11-9-17/h4-7,18H,3,8-13H2,1-2H3,(H,19,20). The van der Waals surface area contributed by atoms with Gasteiger partial charge in [0, 0.05) is 6.54 Å². The van der Waals surface area contributed by atoms with E-state index in [0.717, 1.165) is 25.9 Å². The molecule has 1 aromatic rings. The molecule has 1 aliphatic heterocycles. The first-order chi connectivity index (χ1) is 10.6. The third-order valence-electron chi connectivity index (χ3n) is 4.03. The first-order valence-electron chi connectivity index (χ1n) is 7.95. The molecule has 0 spiro atoms. The van der Waals surface area contributed by atoms with Gasteiger partial charge in [0.1, 0.15) is 0 Å². The predicted molar refractivity (Wildman–Crippen MR) is 86.3 cm³/mol. The maximum atomic E-state index is 12.0. The molecule has 2 rings (SSSR count). The van der Waals surface area contributed by atoms with E-state index < -0.39 is 0 Å². The Morgan fingerprint density at radius 3 is 2.50 bits per heavy atom. The van der Waals surface area contributed by atoms with Gasteiger partial charge in [-0.05, 0) is 50.4 Å². The largest absolute Gasteiger partial charge is 0.490 e. The fourth-order valence-electron chi connectivity index (χ4n) is 2.56. The molecule has 0 aromatic heterocycles. The summed E-state index contributed by atoms with van der Waals surface area (Å²) in [5, 5.41) is 6.32. The van der Waals surface area contributed by atoms with Crippen molar-refractivity contribution in [2.24, 2.45) is 5.41 Å². The van der Waals surface area contributed by atoms with Crippen molar-refractivity contribution < 1.29 is 14.3 Å². The third-order valence-corrected chi connectivity index (χ3v) is 4.03. The quantitative estimate of drug-likeness (QED) is 0.808. The van der Waals surface area contributed by atoms with Crippen LogP contribution in [0, 0.1) is 5.41 Å². The average molecular weight is 306 g/mol. The Morgan fingerprint density at radius 2 is 1.86 bits per heavy atom. The van der Waals surface area contributed by atoms with Crippen LogP contribution in [0.2, 0.25) is 0 Å². The molecule has 1 aliphatic rings. The number of amides is 1. The number of hydrogen-bond donors (Lipinski definition) is 2. The smallest absolute Gasteiger partial charge is 0.257 e. The SMILES string of the molecule is CCOc1ccccc1OCC(=O)NCC1(C)CCNCC1. The molecular formula is C17H26N2O3. The third kappa shape index (κ3) is 4.91. The molecule has 0 bridgehead atoms. The van der Waals surface area contributed by atoms with Crippen molar-refractivity contribution in [1.29, 1.82) is 0 Å². The Kier molecular flexibility index (Phi) is 6.07. The zero-order chi connectivity index (χ0) is 15.8. The normalized spacial score (nSPS) is 16.8. The second-order valence-corrected chi connectivity index (χ2v) is 6.01. The molecule has 5 heteroatoms. The summed E-state index contributed by atoms with van der Waals surface area (Å²) in [6.07, 6.45) is 2.17. The molecule has 0 radical (unpaired) electrons. The van der Waals surface area contributed by atoms with Crippen LogP contribution >= 0.6 is 0 Å². The lowest BCUT2D eigenvalue weighted by molar-refractivity contribution is -0.123. The van der Waals surface area contributed by atoms with E-state index in [9.17, 15) is 4.79 Å². The zero-order valence-electron chi connectivity index (χ0n) is 13.5. The monoisotopic (exact) mass is 306 g/mol. The highest BCUT2D eigenvalue weighted by atomic mass is 16.5. The predicted octanol–water partition coefficient (Wildman–Crippen LogP) is 1.97. The Hall–Kier alpha value is -1.75. The molecule has 1 fully saturated rings. The van der Waals surface area contributed by atoms with E-state index >= 15 is 0 Å². The van der Waals surface area contributed by atoms with Gasteiger partial charge in [-0.15, -0.1) is 0 Å². The molecular weight excluding hydrogens is 280 g/mol. The highest BCUT2D eigenvalue weighted by Crippen LogP contribution is 2.27. The van der Waals surface area contributed by atoms with Crippen molar-refractivity contribution in [3.8, 4) is 11.5 Å². The lowest BCUT2D eigenvalue weighted by Gasteiger charge is -2.34. The molecule has 1 saturated heterocycles. The topological polar surface area (TPSA) is 59.6 Å². The minimum Gasteiger partial charge on any atom is -0.490 e. The molecule has 1 heterocycles. The molecule has 22 heavy (non-hydrogen) atoms. The van der Waals surface area contributed by atoms with E-state index in [1.165, 1.54) is 0 Å². The number of hydrogen-bond acceptors (Lipinski definition) is 4. The van der Waals surface area contributed by atoms with Crippen LogP contribution in [-0.2, 0) is 4.79 Å². The van der Waals surface area contributed by atoms with Crippen molar-refractivity contribution >= 4 is 5.91 Å². The molecule has 0 unspecified atom stereocenters. The van der Waals surface area contributed by atoms with Crippen LogP contribution < -0.4 is 20.1 Å². The maximum Gasteiger partial charge on any atom is 0.257 e. The summed E-state index contributed by atoms with van der Waals surface area (Å²) >= 11 is 0. The van der Waals surface area contributed by atoms with Crippen LogP contribution in [0.25, 0.3) is 0 Å². The van der Waals surface area contributed by atoms with E-state index in [2.05, 4.69) is 17.6 Å². The molecule has 0 aliphatic carbocycles. The first-order valence-corrected chi connectivity index (χ1v) is 7.95. The Bertz CT molecular complexity index is 485. The van der Waals surface area contributed by atoms with Crippen LogP contribution in [0.15, 0.2) is 24.3 Å². The molecule has 0 saturated carbocycles. The van der Waals surface area contributed by atoms with Gasteiger partial charge < -0.3 is 20.1 Å². The molecule has 0 atom stereocenters.